The lowest BCUT2D eigenvalue weighted by molar-refractivity contribution is 0.0726. The molecule has 3 rings (SSSR count). The summed E-state index contributed by atoms with van der Waals surface area (Å²) in [6.45, 7) is 2.43. The topological polar surface area (TPSA) is 46.3 Å². The molecule has 1 unspecified atom stereocenters. The lowest BCUT2D eigenvalue weighted by atomic mass is 10.1. The second-order valence-electron chi connectivity index (χ2n) is 5.00. The Balaban J connectivity index is 1.89. The average molecular weight is 274 g/mol. The molecule has 0 N–H and O–H groups in total. The van der Waals surface area contributed by atoms with E-state index in [9.17, 15) is 9.18 Å². The van der Waals surface area contributed by atoms with Gasteiger partial charge in [0.05, 0.1) is 11.6 Å². The SMILES string of the molecule is Cc1cc(C2CCCN2C(=O)c2ccccc2F)no1. The van der Waals surface area contributed by atoms with Crippen molar-refractivity contribution >= 4 is 5.91 Å². The minimum Gasteiger partial charge on any atom is -0.361 e. The Morgan fingerprint density at radius 2 is 2.25 bits per heavy atom. The van der Waals surface area contributed by atoms with Crippen LogP contribution in [-0.4, -0.2) is 22.5 Å². The second-order valence-corrected chi connectivity index (χ2v) is 5.00. The molecule has 1 aromatic heterocycles. The molecule has 1 amide bonds. The first kappa shape index (κ1) is 12.8. The van der Waals surface area contributed by atoms with Crippen LogP contribution in [0.15, 0.2) is 34.9 Å². The third kappa shape index (κ3) is 2.19. The smallest absolute Gasteiger partial charge is 0.257 e. The van der Waals surface area contributed by atoms with E-state index in [4.69, 9.17) is 4.52 Å². The summed E-state index contributed by atoms with van der Waals surface area (Å²) in [5.74, 6) is -0.0593. The molecule has 104 valence electrons. The van der Waals surface area contributed by atoms with Crippen LogP contribution >= 0.6 is 0 Å². The number of halogens is 1. The molecule has 0 bridgehead atoms. The van der Waals surface area contributed by atoms with Gasteiger partial charge in [-0.2, -0.15) is 0 Å². The van der Waals surface area contributed by atoms with Crippen LogP contribution in [0.5, 0.6) is 0 Å². The van der Waals surface area contributed by atoms with Gasteiger partial charge >= 0.3 is 0 Å². The first-order chi connectivity index (χ1) is 9.66. The molecule has 2 aromatic rings. The van der Waals surface area contributed by atoms with E-state index in [0.717, 1.165) is 18.5 Å². The van der Waals surface area contributed by atoms with Crippen molar-refractivity contribution in [1.82, 2.24) is 10.1 Å². The zero-order chi connectivity index (χ0) is 14.1. The summed E-state index contributed by atoms with van der Waals surface area (Å²) in [5.41, 5.74) is 0.851. The van der Waals surface area contributed by atoms with E-state index >= 15 is 0 Å². The van der Waals surface area contributed by atoms with Crippen LogP contribution in [0, 0.1) is 12.7 Å². The molecule has 20 heavy (non-hydrogen) atoms. The molecular formula is C15H15FN2O2. The molecule has 0 saturated carbocycles. The summed E-state index contributed by atoms with van der Waals surface area (Å²) in [5, 5.41) is 3.98. The standard InChI is InChI=1S/C15H15FN2O2/c1-10-9-13(17-20-10)14-7-4-8-18(14)15(19)11-5-2-3-6-12(11)16/h2-3,5-6,9,14H,4,7-8H2,1H3. The van der Waals surface area contributed by atoms with Gasteiger partial charge in [-0.25, -0.2) is 4.39 Å². The van der Waals surface area contributed by atoms with Crippen molar-refractivity contribution in [3.05, 3.63) is 53.2 Å². The van der Waals surface area contributed by atoms with Gasteiger partial charge in [-0.15, -0.1) is 0 Å². The van der Waals surface area contributed by atoms with Crippen LogP contribution in [0.2, 0.25) is 0 Å². The van der Waals surface area contributed by atoms with Crippen LogP contribution in [0.3, 0.4) is 0 Å². The summed E-state index contributed by atoms with van der Waals surface area (Å²) < 4.78 is 18.8. The Hall–Kier alpha value is -2.17. The van der Waals surface area contributed by atoms with E-state index in [-0.39, 0.29) is 17.5 Å². The van der Waals surface area contributed by atoms with Crippen LogP contribution in [-0.2, 0) is 0 Å². The summed E-state index contributed by atoms with van der Waals surface area (Å²) in [7, 11) is 0. The summed E-state index contributed by atoms with van der Waals surface area (Å²) >= 11 is 0. The maximum absolute atomic E-state index is 13.7. The lowest BCUT2D eigenvalue weighted by Gasteiger charge is -2.23. The minimum atomic E-state index is -0.487. The molecule has 5 heteroatoms. The molecule has 0 spiro atoms. The number of carbonyl (C=O) groups excluding carboxylic acids is 1. The number of benzene rings is 1. The Kier molecular flexibility index (Phi) is 3.26. The number of hydrogen-bond donors (Lipinski definition) is 0. The fourth-order valence-corrected chi connectivity index (χ4v) is 2.65. The van der Waals surface area contributed by atoms with Crippen molar-refractivity contribution in [2.45, 2.75) is 25.8 Å². The van der Waals surface area contributed by atoms with Crippen molar-refractivity contribution in [3.63, 3.8) is 0 Å². The van der Waals surface area contributed by atoms with Gasteiger partial charge in [0, 0.05) is 12.6 Å². The Morgan fingerprint density at radius 3 is 2.95 bits per heavy atom. The Morgan fingerprint density at radius 1 is 1.45 bits per heavy atom. The highest BCUT2D eigenvalue weighted by atomic mass is 19.1. The van der Waals surface area contributed by atoms with E-state index < -0.39 is 5.82 Å². The number of carbonyl (C=O) groups is 1. The van der Waals surface area contributed by atoms with Crippen LogP contribution in [0.25, 0.3) is 0 Å². The van der Waals surface area contributed by atoms with E-state index in [1.807, 2.05) is 13.0 Å². The minimum absolute atomic E-state index is 0.111. The van der Waals surface area contributed by atoms with Crippen molar-refractivity contribution < 1.29 is 13.7 Å². The summed E-state index contributed by atoms with van der Waals surface area (Å²) in [6, 6.07) is 7.77. The Bertz CT molecular complexity index is 638. The second kappa shape index (κ2) is 5.07. The Labute approximate surface area is 116 Å². The molecule has 1 fully saturated rings. The molecule has 1 aliphatic rings. The largest absolute Gasteiger partial charge is 0.361 e. The average Bonchev–Trinajstić information content (AvgIpc) is 3.06. The highest BCUT2D eigenvalue weighted by molar-refractivity contribution is 5.94. The maximum Gasteiger partial charge on any atom is 0.257 e. The normalized spacial score (nSPS) is 18.5. The van der Waals surface area contributed by atoms with E-state index in [0.29, 0.717) is 12.3 Å². The number of nitrogens with zero attached hydrogens (tertiary/aromatic N) is 2. The van der Waals surface area contributed by atoms with Crippen LogP contribution in [0.1, 0.15) is 40.7 Å². The molecular weight excluding hydrogens is 259 g/mol. The maximum atomic E-state index is 13.7. The van der Waals surface area contributed by atoms with Gasteiger partial charge in [-0.1, -0.05) is 17.3 Å². The molecule has 1 aromatic carbocycles. The highest BCUT2D eigenvalue weighted by Gasteiger charge is 2.33. The molecule has 0 radical (unpaired) electrons. The van der Waals surface area contributed by atoms with E-state index in [2.05, 4.69) is 5.16 Å². The van der Waals surface area contributed by atoms with Gasteiger partial charge in [0.15, 0.2) is 0 Å². The predicted octanol–water partition coefficient (Wildman–Crippen LogP) is 3.10. The highest BCUT2D eigenvalue weighted by Crippen LogP contribution is 2.33. The zero-order valence-corrected chi connectivity index (χ0v) is 11.2. The van der Waals surface area contributed by atoms with E-state index in [1.165, 1.54) is 12.1 Å². The molecule has 0 aliphatic carbocycles. The van der Waals surface area contributed by atoms with Gasteiger partial charge in [-0.05, 0) is 31.9 Å². The van der Waals surface area contributed by atoms with E-state index in [1.54, 1.807) is 17.0 Å². The first-order valence-electron chi connectivity index (χ1n) is 6.65. The third-order valence-electron chi connectivity index (χ3n) is 3.61. The monoisotopic (exact) mass is 274 g/mol. The number of aromatic nitrogens is 1. The fraction of sp³-hybridized carbons (Fsp3) is 0.333. The summed E-state index contributed by atoms with van der Waals surface area (Å²) in [6.07, 6.45) is 1.71. The van der Waals surface area contributed by atoms with Gasteiger partial charge in [0.1, 0.15) is 17.3 Å². The van der Waals surface area contributed by atoms with Gasteiger partial charge < -0.3 is 9.42 Å². The van der Waals surface area contributed by atoms with Crippen LogP contribution in [0.4, 0.5) is 4.39 Å². The molecule has 4 nitrogen and oxygen atoms in total. The molecule has 2 heterocycles. The number of rotatable bonds is 2. The van der Waals surface area contributed by atoms with Crippen molar-refractivity contribution in [2.75, 3.05) is 6.54 Å². The fourth-order valence-electron chi connectivity index (χ4n) is 2.65. The zero-order valence-electron chi connectivity index (χ0n) is 11.2. The van der Waals surface area contributed by atoms with Gasteiger partial charge in [-0.3, -0.25) is 4.79 Å². The number of aryl methyl sites for hydroxylation is 1. The first-order valence-corrected chi connectivity index (χ1v) is 6.65. The van der Waals surface area contributed by atoms with Crippen molar-refractivity contribution in [2.24, 2.45) is 0 Å². The lowest BCUT2D eigenvalue weighted by Crippen LogP contribution is -2.31. The molecule has 1 saturated heterocycles. The van der Waals surface area contributed by atoms with Crippen LogP contribution < -0.4 is 0 Å². The quantitative estimate of drug-likeness (QED) is 0.845. The predicted molar refractivity (Wildman–Crippen MR) is 70.7 cm³/mol. The van der Waals surface area contributed by atoms with Gasteiger partial charge in [0.25, 0.3) is 5.91 Å². The molecule has 1 aliphatic heterocycles. The number of hydrogen-bond acceptors (Lipinski definition) is 3. The molecule has 1 atom stereocenters. The third-order valence-corrected chi connectivity index (χ3v) is 3.61. The number of amides is 1. The van der Waals surface area contributed by atoms with Crippen molar-refractivity contribution in [1.29, 1.82) is 0 Å². The number of likely N-dealkylation sites (tertiary alicyclic amines) is 1. The van der Waals surface area contributed by atoms with Gasteiger partial charge in [0.2, 0.25) is 0 Å². The summed E-state index contributed by atoms with van der Waals surface area (Å²) in [4.78, 5) is 14.2. The van der Waals surface area contributed by atoms with Crippen molar-refractivity contribution in [3.8, 4) is 0 Å².